The molecule has 27 heavy (non-hydrogen) atoms. The molecule has 140 valence electrons. The molecule has 1 aromatic heterocycles. The topological polar surface area (TPSA) is 99.3 Å². The van der Waals surface area contributed by atoms with Gasteiger partial charge in [-0.05, 0) is 38.1 Å². The van der Waals surface area contributed by atoms with Gasteiger partial charge in [0.1, 0.15) is 11.6 Å². The quantitative estimate of drug-likeness (QED) is 0.510. The summed E-state index contributed by atoms with van der Waals surface area (Å²) < 4.78 is 7.46. The number of rotatable bonds is 7. The van der Waals surface area contributed by atoms with Crippen LogP contribution in [0.25, 0.3) is 11.0 Å². The van der Waals surface area contributed by atoms with Crippen LogP contribution in [-0.4, -0.2) is 27.0 Å². The number of hydrogen-bond donors (Lipinski definition) is 1. The molecule has 0 saturated heterocycles. The summed E-state index contributed by atoms with van der Waals surface area (Å²) in [7, 11) is 0. The smallest absolute Gasteiger partial charge is 0.269 e. The number of hydrogen-bond acceptors (Lipinski definition) is 5. The van der Waals surface area contributed by atoms with E-state index in [2.05, 4.69) is 14.9 Å². The van der Waals surface area contributed by atoms with Crippen molar-refractivity contribution in [3.05, 3.63) is 64.5 Å². The molecule has 2 aromatic carbocycles. The van der Waals surface area contributed by atoms with Gasteiger partial charge in [-0.1, -0.05) is 12.1 Å². The second-order valence-corrected chi connectivity index (χ2v) is 6.03. The first-order valence-electron chi connectivity index (χ1n) is 8.61. The first-order chi connectivity index (χ1) is 13.0. The molecule has 1 unspecified atom stereocenters. The van der Waals surface area contributed by atoms with Crippen LogP contribution >= 0.6 is 0 Å². The fourth-order valence-electron chi connectivity index (χ4n) is 2.92. The highest BCUT2D eigenvalue weighted by Gasteiger charge is 2.18. The Morgan fingerprint density at radius 1 is 1.26 bits per heavy atom. The summed E-state index contributed by atoms with van der Waals surface area (Å²) in [6, 6.07) is 13.1. The number of aromatic nitrogens is 2. The van der Waals surface area contributed by atoms with Crippen LogP contribution < -0.4 is 10.1 Å². The van der Waals surface area contributed by atoms with Gasteiger partial charge in [-0.15, -0.1) is 0 Å². The molecular weight excluding hydrogens is 348 g/mol. The van der Waals surface area contributed by atoms with E-state index in [1.54, 1.807) is 0 Å². The number of nitro groups is 1. The molecule has 0 radical (unpaired) electrons. The number of nitrogens with one attached hydrogen (secondary N) is 1. The molecule has 1 amide bonds. The van der Waals surface area contributed by atoms with Crippen molar-refractivity contribution in [2.24, 2.45) is 0 Å². The zero-order valence-corrected chi connectivity index (χ0v) is 15.1. The second kappa shape index (κ2) is 7.86. The predicted octanol–water partition coefficient (Wildman–Crippen LogP) is 3.22. The van der Waals surface area contributed by atoms with Gasteiger partial charge in [-0.3, -0.25) is 14.9 Å². The van der Waals surface area contributed by atoms with Crippen molar-refractivity contribution in [3.8, 4) is 5.75 Å². The lowest BCUT2D eigenvalue weighted by molar-refractivity contribution is -0.384. The summed E-state index contributed by atoms with van der Waals surface area (Å²) in [6.07, 6.45) is 0. The predicted molar refractivity (Wildman–Crippen MR) is 101 cm³/mol. The number of amides is 1. The van der Waals surface area contributed by atoms with Gasteiger partial charge in [-0.25, -0.2) is 4.98 Å². The third-order valence-electron chi connectivity index (χ3n) is 4.18. The van der Waals surface area contributed by atoms with Gasteiger partial charge < -0.3 is 14.6 Å². The molecule has 3 rings (SSSR count). The monoisotopic (exact) mass is 368 g/mol. The fourth-order valence-corrected chi connectivity index (χ4v) is 2.92. The summed E-state index contributed by atoms with van der Waals surface area (Å²) in [5.41, 5.74) is 1.88. The lowest BCUT2D eigenvalue weighted by atomic mass is 10.3. The molecule has 0 fully saturated rings. The maximum absolute atomic E-state index is 12.2. The van der Waals surface area contributed by atoms with E-state index in [0.717, 1.165) is 23.4 Å². The van der Waals surface area contributed by atoms with Gasteiger partial charge in [0.2, 0.25) is 0 Å². The van der Waals surface area contributed by atoms with Crippen LogP contribution in [0.3, 0.4) is 0 Å². The van der Waals surface area contributed by atoms with Gasteiger partial charge in [0.25, 0.3) is 11.6 Å². The lowest BCUT2D eigenvalue weighted by Crippen LogP contribution is -2.32. The molecule has 0 aliphatic heterocycles. The van der Waals surface area contributed by atoms with E-state index in [-0.39, 0.29) is 24.2 Å². The van der Waals surface area contributed by atoms with Crippen molar-refractivity contribution in [1.82, 2.24) is 14.9 Å². The highest BCUT2D eigenvalue weighted by atomic mass is 16.6. The van der Waals surface area contributed by atoms with Gasteiger partial charge in [0, 0.05) is 18.7 Å². The number of imidazole rings is 1. The van der Waals surface area contributed by atoms with Crippen molar-refractivity contribution < 1.29 is 14.5 Å². The average Bonchev–Trinajstić information content (AvgIpc) is 3.05. The number of nitro benzene ring substituents is 1. The van der Waals surface area contributed by atoms with Crippen molar-refractivity contribution in [3.63, 3.8) is 0 Å². The zero-order chi connectivity index (χ0) is 19.4. The zero-order valence-electron chi connectivity index (χ0n) is 15.1. The maximum atomic E-state index is 12.2. The van der Waals surface area contributed by atoms with Crippen LogP contribution in [0.1, 0.15) is 25.7 Å². The Hall–Kier alpha value is -3.42. The van der Waals surface area contributed by atoms with Gasteiger partial charge in [-0.2, -0.15) is 0 Å². The van der Waals surface area contributed by atoms with E-state index < -0.39 is 4.92 Å². The second-order valence-electron chi connectivity index (χ2n) is 6.03. The molecule has 0 aliphatic rings. The standard InChI is InChI=1S/C19H20N4O4/c1-3-22-17-7-5-4-6-16(17)21-19(22)13(2)20-18(24)12-27-15-10-8-14(9-11-15)23(25)26/h4-11,13H,3,12H2,1-2H3,(H,20,24). The Kier molecular flexibility index (Phi) is 5.35. The highest BCUT2D eigenvalue weighted by molar-refractivity contribution is 5.79. The first-order valence-corrected chi connectivity index (χ1v) is 8.61. The Morgan fingerprint density at radius 3 is 2.63 bits per heavy atom. The van der Waals surface area contributed by atoms with E-state index in [4.69, 9.17) is 4.74 Å². The first kappa shape index (κ1) is 18.4. The largest absolute Gasteiger partial charge is 0.484 e. The fraction of sp³-hybridized carbons (Fsp3) is 0.263. The number of para-hydroxylation sites is 2. The number of nitrogens with zero attached hydrogens (tertiary/aromatic N) is 3. The molecule has 0 bridgehead atoms. The van der Waals surface area contributed by atoms with Crippen molar-refractivity contribution in [2.75, 3.05) is 6.61 Å². The van der Waals surface area contributed by atoms with Gasteiger partial charge in [0.05, 0.1) is 22.0 Å². The summed E-state index contributed by atoms with van der Waals surface area (Å²) in [6.45, 7) is 4.46. The summed E-state index contributed by atoms with van der Waals surface area (Å²) in [4.78, 5) is 27.0. The Bertz CT molecular complexity index is 966. The number of aryl methyl sites for hydroxylation is 1. The number of benzene rings is 2. The number of carbonyl (C=O) groups excluding carboxylic acids is 1. The van der Waals surface area contributed by atoms with Crippen molar-refractivity contribution in [1.29, 1.82) is 0 Å². The molecule has 8 heteroatoms. The summed E-state index contributed by atoms with van der Waals surface area (Å²) in [5, 5.41) is 13.5. The number of carbonyl (C=O) groups is 1. The molecule has 1 N–H and O–H groups in total. The minimum atomic E-state index is -0.488. The number of ether oxygens (including phenoxy) is 1. The Labute approximate surface area is 155 Å². The minimum Gasteiger partial charge on any atom is -0.484 e. The molecule has 1 heterocycles. The van der Waals surface area contributed by atoms with Gasteiger partial charge >= 0.3 is 0 Å². The number of fused-ring (bicyclic) bond motifs is 1. The van der Waals surface area contributed by atoms with E-state index >= 15 is 0 Å². The van der Waals surface area contributed by atoms with E-state index in [1.807, 2.05) is 38.1 Å². The molecule has 0 spiro atoms. The van der Waals surface area contributed by atoms with Crippen LogP contribution in [-0.2, 0) is 11.3 Å². The SMILES string of the molecule is CCn1c(C(C)NC(=O)COc2ccc([N+](=O)[O-])cc2)nc2ccccc21. The highest BCUT2D eigenvalue weighted by Crippen LogP contribution is 2.21. The summed E-state index contributed by atoms with van der Waals surface area (Å²) >= 11 is 0. The molecule has 0 aliphatic carbocycles. The van der Waals surface area contributed by atoms with Crippen LogP contribution in [0.4, 0.5) is 5.69 Å². The van der Waals surface area contributed by atoms with E-state index in [0.29, 0.717) is 5.75 Å². The maximum Gasteiger partial charge on any atom is 0.269 e. The Balaban J connectivity index is 1.63. The van der Waals surface area contributed by atoms with E-state index in [1.165, 1.54) is 24.3 Å². The minimum absolute atomic E-state index is 0.0288. The van der Waals surface area contributed by atoms with Crippen molar-refractivity contribution in [2.45, 2.75) is 26.4 Å². The van der Waals surface area contributed by atoms with E-state index in [9.17, 15) is 14.9 Å². The molecular formula is C19H20N4O4. The van der Waals surface area contributed by atoms with Crippen LogP contribution in [0.5, 0.6) is 5.75 Å². The van der Waals surface area contributed by atoms with Gasteiger partial charge in [0.15, 0.2) is 6.61 Å². The average molecular weight is 368 g/mol. The van der Waals surface area contributed by atoms with Crippen molar-refractivity contribution >= 4 is 22.6 Å². The lowest BCUT2D eigenvalue weighted by Gasteiger charge is -2.15. The molecule has 3 aromatic rings. The van der Waals surface area contributed by atoms with Crippen LogP contribution in [0, 0.1) is 10.1 Å². The normalized spacial score (nSPS) is 11.9. The third kappa shape index (κ3) is 4.05. The molecule has 1 atom stereocenters. The Morgan fingerprint density at radius 2 is 1.96 bits per heavy atom. The summed E-state index contributed by atoms with van der Waals surface area (Å²) in [5.74, 6) is 0.877. The molecule has 8 nitrogen and oxygen atoms in total. The molecule has 0 saturated carbocycles. The third-order valence-corrected chi connectivity index (χ3v) is 4.18. The number of non-ortho nitro benzene ring substituents is 1. The van der Waals surface area contributed by atoms with Crippen LogP contribution in [0.2, 0.25) is 0 Å². The van der Waals surface area contributed by atoms with Crippen LogP contribution in [0.15, 0.2) is 48.5 Å².